The fraction of sp³-hybridized carbons (Fsp3) is 0.438. The van der Waals surface area contributed by atoms with Crippen molar-refractivity contribution in [1.29, 1.82) is 0 Å². The minimum absolute atomic E-state index is 0.0550. The first-order chi connectivity index (χ1) is 11.3. The molecule has 24 heavy (non-hydrogen) atoms. The van der Waals surface area contributed by atoms with Crippen molar-refractivity contribution >= 4 is 15.7 Å². The first kappa shape index (κ1) is 18.1. The van der Waals surface area contributed by atoms with E-state index in [-0.39, 0.29) is 35.8 Å². The minimum atomic E-state index is -3.12. The molecule has 0 saturated carbocycles. The smallest absolute Gasteiger partial charge is 0.258 e. The maximum absolute atomic E-state index is 12.4. The third kappa shape index (κ3) is 4.41. The van der Waals surface area contributed by atoms with E-state index in [1.54, 1.807) is 31.2 Å². The molecule has 130 valence electrons. The van der Waals surface area contributed by atoms with E-state index in [4.69, 9.17) is 4.52 Å². The summed E-state index contributed by atoms with van der Waals surface area (Å²) in [7, 11) is -3.12. The van der Waals surface area contributed by atoms with Gasteiger partial charge in [-0.2, -0.15) is 4.98 Å². The predicted octanol–water partition coefficient (Wildman–Crippen LogP) is 2.02. The highest BCUT2D eigenvalue weighted by Gasteiger charge is 2.18. The Labute approximate surface area is 141 Å². The molecule has 1 aromatic carbocycles. The number of hydrogen-bond acceptors (Lipinski definition) is 6. The summed E-state index contributed by atoms with van der Waals surface area (Å²) in [5.74, 6) is 0.540. The summed E-state index contributed by atoms with van der Waals surface area (Å²) < 4.78 is 28.2. The van der Waals surface area contributed by atoms with Gasteiger partial charge < -0.3 is 9.84 Å². The quantitative estimate of drug-likeness (QED) is 0.819. The molecule has 0 unspecified atom stereocenters. The molecule has 1 amide bonds. The largest absolute Gasteiger partial charge is 0.351 e. The highest BCUT2D eigenvalue weighted by Crippen LogP contribution is 2.23. The summed E-state index contributed by atoms with van der Waals surface area (Å²) in [5, 5.41) is 6.52. The molecule has 0 bridgehead atoms. The van der Waals surface area contributed by atoms with E-state index in [0.29, 0.717) is 17.0 Å². The molecule has 1 N–H and O–H groups in total. The molecule has 0 aliphatic carbocycles. The highest BCUT2D eigenvalue weighted by atomic mass is 32.2. The monoisotopic (exact) mass is 351 g/mol. The summed E-state index contributed by atoms with van der Waals surface area (Å²) in [6, 6.07) is 6.85. The Kier molecular flexibility index (Phi) is 5.71. The maximum Gasteiger partial charge on any atom is 0.258 e. The molecule has 1 heterocycles. The lowest BCUT2D eigenvalue weighted by atomic mass is 10.1. The first-order valence-electron chi connectivity index (χ1n) is 7.75. The molecule has 8 heteroatoms. The van der Waals surface area contributed by atoms with Crippen LogP contribution in [0.1, 0.15) is 42.9 Å². The summed E-state index contributed by atoms with van der Waals surface area (Å²) in [5.41, 5.74) is 0.887. The summed E-state index contributed by atoms with van der Waals surface area (Å²) in [6.07, 6.45) is 0. The van der Waals surface area contributed by atoms with E-state index in [9.17, 15) is 13.2 Å². The Morgan fingerprint density at radius 2 is 2.00 bits per heavy atom. The molecule has 0 aliphatic heterocycles. The van der Waals surface area contributed by atoms with Gasteiger partial charge in [0, 0.05) is 18.2 Å². The van der Waals surface area contributed by atoms with Gasteiger partial charge in [0.05, 0.1) is 16.9 Å². The van der Waals surface area contributed by atoms with Crippen LogP contribution < -0.4 is 5.32 Å². The lowest BCUT2D eigenvalue weighted by molar-refractivity contribution is 0.0956. The number of aromatic nitrogens is 2. The predicted molar refractivity (Wildman–Crippen MR) is 90.5 cm³/mol. The molecular formula is C16H21N3O4S. The second-order valence-electron chi connectivity index (χ2n) is 5.65. The van der Waals surface area contributed by atoms with Gasteiger partial charge in [-0.1, -0.05) is 38.1 Å². The standard InChI is InChI=1S/C16H21N3O4S/c1-4-24(21,22)10-9-17-15(20)12-7-5-6-8-13(12)16-18-14(11(2)3)19-23-16/h5-8,11H,4,9-10H2,1-3H3,(H,17,20). The summed E-state index contributed by atoms with van der Waals surface area (Å²) in [4.78, 5) is 16.7. The molecule has 1 aromatic heterocycles. The van der Waals surface area contributed by atoms with E-state index in [0.717, 1.165) is 0 Å². The van der Waals surface area contributed by atoms with Crippen molar-refractivity contribution < 1.29 is 17.7 Å². The number of nitrogens with zero attached hydrogens (tertiary/aromatic N) is 2. The van der Waals surface area contributed by atoms with Crippen LogP contribution in [0.4, 0.5) is 0 Å². The first-order valence-corrected chi connectivity index (χ1v) is 9.58. The third-order valence-electron chi connectivity index (χ3n) is 3.50. The average Bonchev–Trinajstić information content (AvgIpc) is 3.05. The number of carbonyl (C=O) groups is 1. The van der Waals surface area contributed by atoms with E-state index >= 15 is 0 Å². The molecule has 0 saturated heterocycles. The molecule has 0 atom stereocenters. The zero-order valence-corrected chi connectivity index (χ0v) is 14.8. The van der Waals surface area contributed by atoms with Crippen molar-refractivity contribution in [3.63, 3.8) is 0 Å². The Morgan fingerprint density at radius 3 is 2.62 bits per heavy atom. The Balaban J connectivity index is 2.17. The fourth-order valence-corrected chi connectivity index (χ4v) is 2.71. The van der Waals surface area contributed by atoms with Crippen LogP contribution in [-0.2, 0) is 9.84 Å². The maximum atomic E-state index is 12.4. The summed E-state index contributed by atoms with van der Waals surface area (Å²) in [6.45, 7) is 5.53. The van der Waals surface area contributed by atoms with Gasteiger partial charge in [0.15, 0.2) is 15.7 Å². The SMILES string of the molecule is CCS(=O)(=O)CCNC(=O)c1ccccc1-c1nc(C(C)C)no1. The highest BCUT2D eigenvalue weighted by molar-refractivity contribution is 7.91. The van der Waals surface area contributed by atoms with Crippen LogP contribution in [0.2, 0.25) is 0 Å². The van der Waals surface area contributed by atoms with E-state index in [2.05, 4.69) is 15.5 Å². The molecule has 0 aliphatic rings. The lowest BCUT2D eigenvalue weighted by Gasteiger charge is -2.08. The fourth-order valence-electron chi connectivity index (χ4n) is 2.01. The number of amides is 1. The topological polar surface area (TPSA) is 102 Å². The number of rotatable bonds is 7. The zero-order valence-electron chi connectivity index (χ0n) is 13.9. The molecular weight excluding hydrogens is 330 g/mol. The molecule has 0 spiro atoms. The second kappa shape index (κ2) is 7.57. The van der Waals surface area contributed by atoms with E-state index in [1.165, 1.54) is 0 Å². The zero-order chi connectivity index (χ0) is 17.7. The summed E-state index contributed by atoms with van der Waals surface area (Å²) >= 11 is 0. The van der Waals surface area contributed by atoms with Crippen molar-refractivity contribution in [2.75, 3.05) is 18.1 Å². The number of benzene rings is 1. The average molecular weight is 351 g/mol. The van der Waals surface area contributed by atoms with Gasteiger partial charge >= 0.3 is 0 Å². The van der Waals surface area contributed by atoms with Crippen LogP contribution in [0.15, 0.2) is 28.8 Å². The number of carbonyl (C=O) groups excluding carboxylic acids is 1. The second-order valence-corrected chi connectivity index (χ2v) is 8.12. The van der Waals surface area contributed by atoms with Crippen LogP contribution >= 0.6 is 0 Å². The van der Waals surface area contributed by atoms with Crippen LogP contribution in [0.25, 0.3) is 11.5 Å². The van der Waals surface area contributed by atoms with Gasteiger partial charge in [0.1, 0.15) is 0 Å². The van der Waals surface area contributed by atoms with Gasteiger partial charge in [-0.05, 0) is 12.1 Å². The molecule has 2 aromatic rings. The van der Waals surface area contributed by atoms with Crippen LogP contribution in [0, 0.1) is 0 Å². The minimum Gasteiger partial charge on any atom is -0.351 e. The van der Waals surface area contributed by atoms with Crippen molar-refractivity contribution in [2.24, 2.45) is 0 Å². The van der Waals surface area contributed by atoms with E-state index < -0.39 is 9.84 Å². The van der Waals surface area contributed by atoms with Crippen LogP contribution in [0.5, 0.6) is 0 Å². The van der Waals surface area contributed by atoms with Gasteiger partial charge in [-0.15, -0.1) is 0 Å². The Hall–Kier alpha value is -2.22. The van der Waals surface area contributed by atoms with Crippen molar-refractivity contribution in [3.05, 3.63) is 35.7 Å². The van der Waals surface area contributed by atoms with Gasteiger partial charge in [0.25, 0.3) is 11.8 Å². The molecule has 0 fully saturated rings. The number of sulfone groups is 1. The Morgan fingerprint density at radius 1 is 1.29 bits per heavy atom. The Bertz CT molecular complexity index is 812. The molecule has 7 nitrogen and oxygen atoms in total. The van der Waals surface area contributed by atoms with Gasteiger partial charge in [-0.3, -0.25) is 4.79 Å². The van der Waals surface area contributed by atoms with Crippen molar-refractivity contribution in [1.82, 2.24) is 15.5 Å². The van der Waals surface area contributed by atoms with E-state index in [1.807, 2.05) is 13.8 Å². The van der Waals surface area contributed by atoms with Crippen LogP contribution in [0.3, 0.4) is 0 Å². The third-order valence-corrected chi connectivity index (χ3v) is 5.20. The molecule has 2 rings (SSSR count). The molecule has 0 radical (unpaired) electrons. The van der Waals surface area contributed by atoms with Crippen molar-refractivity contribution in [2.45, 2.75) is 26.7 Å². The van der Waals surface area contributed by atoms with Gasteiger partial charge in [-0.25, -0.2) is 8.42 Å². The van der Waals surface area contributed by atoms with Crippen molar-refractivity contribution in [3.8, 4) is 11.5 Å². The van der Waals surface area contributed by atoms with Crippen LogP contribution in [-0.4, -0.2) is 42.5 Å². The number of nitrogens with one attached hydrogen (secondary N) is 1. The van der Waals surface area contributed by atoms with Gasteiger partial charge in [0.2, 0.25) is 0 Å². The number of hydrogen-bond donors (Lipinski definition) is 1. The normalized spacial score (nSPS) is 11.7. The lowest BCUT2D eigenvalue weighted by Crippen LogP contribution is -2.29.